The summed E-state index contributed by atoms with van der Waals surface area (Å²) >= 11 is 4.81. The molecule has 0 bridgehead atoms. The van der Waals surface area contributed by atoms with Gasteiger partial charge in [0, 0.05) is 6.54 Å². The van der Waals surface area contributed by atoms with Crippen LogP contribution in [0.15, 0.2) is 0 Å². The zero-order valence-corrected chi connectivity index (χ0v) is 9.13. The van der Waals surface area contributed by atoms with E-state index in [-0.39, 0.29) is 12.6 Å². The Morgan fingerprint density at radius 1 is 1.64 bits per heavy atom. The first-order valence-electron chi connectivity index (χ1n) is 4.95. The summed E-state index contributed by atoms with van der Waals surface area (Å²) in [5.74, 6) is 0. The van der Waals surface area contributed by atoms with Gasteiger partial charge in [0.25, 0.3) is 0 Å². The number of aliphatic hydroxyl groups is 1. The first kappa shape index (κ1) is 11.8. The highest BCUT2D eigenvalue weighted by Crippen LogP contribution is 2.07. The van der Waals surface area contributed by atoms with Crippen LogP contribution in [0.4, 0.5) is 0 Å². The van der Waals surface area contributed by atoms with Crippen molar-refractivity contribution in [3.63, 3.8) is 0 Å². The van der Waals surface area contributed by atoms with Gasteiger partial charge in [-0.05, 0) is 19.4 Å². The second-order valence-corrected chi connectivity index (χ2v) is 4.04. The summed E-state index contributed by atoms with van der Waals surface area (Å²) < 4.78 is 5.28. The van der Waals surface area contributed by atoms with Crippen molar-refractivity contribution >= 4 is 17.2 Å². The molecule has 1 atom stereocenters. The normalized spacial score (nSPS) is 23.6. The molecule has 1 heterocycles. The van der Waals surface area contributed by atoms with Gasteiger partial charge in [-0.3, -0.25) is 4.90 Å². The molecule has 1 aliphatic rings. The van der Waals surface area contributed by atoms with Crippen molar-refractivity contribution in [2.75, 3.05) is 32.9 Å². The summed E-state index contributed by atoms with van der Waals surface area (Å²) in [6, 6.07) is 0.148. The van der Waals surface area contributed by atoms with Gasteiger partial charge in [-0.1, -0.05) is 12.2 Å². The minimum atomic E-state index is 0.148. The number of nitrogens with zero attached hydrogens (tertiary/aromatic N) is 1. The molecular weight excluding hydrogens is 200 g/mol. The summed E-state index contributed by atoms with van der Waals surface area (Å²) in [6.07, 6.45) is 1.75. The first-order valence-corrected chi connectivity index (χ1v) is 5.36. The zero-order chi connectivity index (χ0) is 10.4. The number of hydrogen-bond donors (Lipinski definition) is 2. The second-order valence-electron chi connectivity index (χ2n) is 3.52. The lowest BCUT2D eigenvalue weighted by molar-refractivity contribution is -0.0274. The van der Waals surface area contributed by atoms with Crippen LogP contribution < -0.4 is 5.73 Å². The van der Waals surface area contributed by atoms with Crippen LogP contribution in [0.5, 0.6) is 0 Å². The van der Waals surface area contributed by atoms with Crippen LogP contribution in [0.1, 0.15) is 12.8 Å². The van der Waals surface area contributed by atoms with E-state index in [2.05, 4.69) is 4.90 Å². The maximum absolute atomic E-state index is 9.10. The van der Waals surface area contributed by atoms with E-state index >= 15 is 0 Å². The maximum atomic E-state index is 9.10. The third-order valence-electron chi connectivity index (χ3n) is 2.43. The minimum Gasteiger partial charge on any atom is -0.395 e. The molecule has 14 heavy (non-hydrogen) atoms. The van der Waals surface area contributed by atoms with Gasteiger partial charge in [0.15, 0.2) is 0 Å². The SMILES string of the molecule is NC(=S)CCCN1CCOCC1CO. The summed E-state index contributed by atoms with van der Waals surface area (Å²) in [4.78, 5) is 2.81. The van der Waals surface area contributed by atoms with E-state index in [0.29, 0.717) is 11.6 Å². The quantitative estimate of drug-likeness (QED) is 0.623. The Morgan fingerprint density at radius 3 is 3.07 bits per heavy atom. The van der Waals surface area contributed by atoms with E-state index in [4.69, 9.17) is 27.8 Å². The average Bonchev–Trinajstić information content (AvgIpc) is 2.18. The van der Waals surface area contributed by atoms with Crippen LogP contribution in [0.25, 0.3) is 0 Å². The maximum Gasteiger partial charge on any atom is 0.0727 e. The summed E-state index contributed by atoms with van der Waals surface area (Å²) in [5.41, 5.74) is 5.41. The van der Waals surface area contributed by atoms with E-state index in [0.717, 1.165) is 32.5 Å². The molecule has 0 aliphatic carbocycles. The van der Waals surface area contributed by atoms with Gasteiger partial charge in [0.2, 0.25) is 0 Å². The Balaban J connectivity index is 2.22. The molecule has 4 nitrogen and oxygen atoms in total. The minimum absolute atomic E-state index is 0.148. The molecular formula is C9H18N2O2S. The molecule has 0 spiro atoms. The second kappa shape index (κ2) is 6.29. The van der Waals surface area contributed by atoms with Crippen molar-refractivity contribution in [3.8, 4) is 0 Å². The van der Waals surface area contributed by atoms with Crippen LogP contribution in [0.2, 0.25) is 0 Å². The van der Waals surface area contributed by atoms with Crippen molar-refractivity contribution < 1.29 is 9.84 Å². The van der Waals surface area contributed by atoms with E-state index in [1.54, 1.807) is 0 Å². The van der Waals surface area contributed by atoms with Crippen LogP contribution >= 0.6 is 12.2 Å². The molecule has 0 amide bonds. The van der Waals surface area contributed by atoms with Crippen molar-refractivity contribution in [1.29, 1.82) is 0 Å². The monoisotopic (exact) mass is 218 g/mol. The molecule has 82 valence electrons. The molecule has 1 saturated heterocycles. The smallest absolute Gasteiger partial charge is 0.0727 e. The van der Waals surface area contributed by atoms with Crippen LogP contribution in [-0.4, -0.2) is 53.9 Å². The lowest BCUT2D eigenvalue weighted by Crippen LogP contribution is -2.47. The third-order valence-corrected chi connectivity index (χ3v) is 2.63. The Kier molecular flexibility index (Phi) is 5.32. The Bertz CT molecular complexity index is 190. The summed E-state index contributed by atoms with van der Waals surface area (Å²) in [7, 11) is 0. The third kappa shape index (κ3) is 3.88. The molecule has 1 aliphatic heterocycles. The fraction of sp³-hybridized carbons (Fsp3) is 0.889. The van der Waals surface area contributed by atoms with Crippen molar-refractivity contribution in [2.24, 2.45) is 5.73 Å². The van der Waals surface area contributed by atoms with Crippen molar-refractivity contribution in [1.82, 2.24) is 4.90 Å². The molecule has 5 heteroatoms. The molecule has 0 aromatic rings. The molecule has 0 radical (unpaired) electrons. The predicted octanol–water partition coefficient (Wildman–Crippen LogP) is -0.254. The largest absolute Gasteiger partial charge is 0.395 e. The summed E-state index contributed by atoms with van der Waals surface area (Å²) in [5, 5.41) is 9.10. The Labute approximate surface area is 90.0 Å². The fourth-order valence-corrected chi connectivity index (χ4v) is 1.75. The van der Waals surface area contributed by atoms with E-state index < -0.39 is 0 Å². The van der Waals surface area contributed by atoms with Gasteiger partial charge in [-0.2, -0.15) is 0 Å². The number of ether oxygens (including phenoxy) is 1. The van der Waals surface area contributed by atoms with Gasteiger partial charge >= 0.3 is 0 Å². The highest BCUT2D eigenvalue weighted by molar-refractivity contribution is 7.80. The Hall–Kier alpha value is -0.230. The molecule has 0 aromatic carbocycles. The number of aliphatic hydroxyl groups excluding tert-OH is 1. The average molecular weight is 218 g/mol. The molecule has 1 rings (SSSR count). The van der Waals surface area contributed by atoms with Crippen molar-refractivity contribution in [3.05, 3.63) is 0 Å². The summed E-state index contributed by atoms with van der Waals surface area (Å²) in [6.45, 7) is 3.37. The number of morpholine rings is 1. The lowest BCUT2D eigenvalue weighted by atomic mass is 10.2. The first-order chi connectivity index (χ1) is 6.74. The Morgan fingerprint density at radius 2 is 2.43 bits per heavy atom. The topological polar surface area (TPSA) is 58.7 Å². The molecule has 0 saturated carbocycles. The standard InChI is InChI=1S/C9H18N2O2S/c10-9(14)2-1-3-11-4-5-13-7-8(11)6-12/h8,12H,1-7H2,(H2,10,14). The van der Waals surface area contributed by atoms with Gasteiger partial charge in [0.05, 0.1) is 30.9 Å². The van der Waals surface area contributed by atoms with Crippen LogP contribution in [0.3, 0.4) is 0 Å². The molecule has 3 N–H and O–H groups in total. The van der Waals surface area contributed by atoms with Crippen LogP contribution in [-0.2, 0) is 4.74 Å². The molecule has 1 fully saturated rings. The number of hydrogen-bond acceptors (Lipinski definition) is 4. The number of nitrogens with two attached hydrogens (primary N) is 1. The number of thiocarbonyl (C=S) groups is 1. The van der Waals surface area contributed by atoms with Crippen LogP contribution in [0, 0.1) is 0 Å². The molecule has 1 unspecified atom stereocenters. The lowest BCUT2D eigenvalue weighted by Gasteiger charge is -2.34. The predicted molar refractivity (Wildman–Crippen MR) is 59.3 cm³/mol. The fourth-order valence-electron chi connectivity index (χ4n) is 1.61. The van der Waals surface area contributed by atoms with Gasteiger partial charge in [-0.25, -0.2) is 0 Å². The van der Waals surface area contributed by atoms with Gasteiger partial charge in [-0.15, -0.1) is 0 Å². The van der Waals surface area contributed by atoms with Crippen molar-refractivity contribution in [2.45, 2.75) is 18.9 Å². The zero-order valence-electron chi connectivity index (χ0n) is 8.32. The van der Waals surface area contributed by atoms with E-state index in [1.807, 2.05) is 0 Å². The number of rotatable bonds is 5. The highest BCUT2D eigenvalue weighted by Gasteiger charge is 2.21. The van der Waals surface area contributed by atoms with E-state index in [1.165, 1.54) is 0 Å². The van der Waals surface area contributed by atoms with Gasteiger partial charge < -0.3 is 15.6 Å². The van der Waals surface area contributed by atoms with E-state index in [9.17, 15) is 0 Å². The van der Waals surface area contributed by atoms with Gasteiger partial charge in [0.1, 0.15) is 0 Å². The molecule has 0 aromatic heterocycles. The highest BCUT2D eigenvalue weighted by atomic mass is 32.1.